The number of hydrogen-bond acceptors (Lipinski definition) is 6. The number of sulfonamides is 1. The van der Waals surface area contributed by atoms with Crippen LogP contribution in [0.3, 0.4) is 0 Å². The molecule has 0 aliphatic carbocycles. The number of carbonyl (C=O) groups excluding carboxylic acids is 2. The van der Waals surface area contributed by atoms with E-state index in [0.717, 1.165) is 11.1 Å². The van der Waals surface area contributed by atoms with Gasteiger partial charge in [0, 0.05) is 44.8 Å². The molecule has 10 nitrogen and oxygen atoms in total. The predicted octanol–water partition coefficient (Wildman–Crippen LogP) is 4.03. The van der Waals surface area contributed by atoms with Crippen molar-refractivity contribution in [3.8, 4) is 0 Å². The van der Waals surface area contributed by atoms with Crippen LogP contribution in [0.2, 0.25) is 0 Å². The number of amides is 3. The highest BCUT2D eigenvalue weighted by atomic mass is 32.2. The minimum Gasteiger partial charge on any atom is -0.399 e. The maximum absolute atomic E-state index is 13.7. The van der Waals surface area contributed by atoms with E-state index in [2.05, 4.69) is 10.6 Å². The van der Waals surface area contributed by atoms with Crippen molar-refractivity contribution in [2.24, 2.45) is 5.92 Å². The third-order valence-corrected chi connectivity index (χ3v) is 9.46. The number of anilines is 1. The molecule has 45 heavy (non-hydrogen) atoms. The Balaban J connectivity index is 1.72. The zero-order chi connectivity index (χ0) is 33.0. The molecule has 0 aliphatic rings. The van der Waals surface area contributed by atoms with Gasteiger partial charge in [0.15, 0.2) is 0 Å². The smallest absolute Gasteiger partial charge is 0.317 e. The van der Waals surface area contributed by atoms with Gasteiger partial charge < -0.3 is 26.4 Å². The van der Waals surface area contributed by atoms with Crippen LogP contribution < -0.4 is 16.4 Å². The lowest BCUT2D eigenvalue weighted by Crippen LogP contribution is -2.53. The molecule has 0 saturated heterocycles. The first-order valence-corrected chi connectivity index (χ1v) is 16.7. The van der Waals surface area contributed by atoms with E-state index in [1.807, 2.05) is 74.5 Å². The van der Waals surface area contributed by atoms with Crippen LogP contribution in [0.5, 0.6) is 0 Å². The van der Waals surface area contributed by atoms with Gasteiger partial charge in [0.25, 0.3) is 0 Å². The zero-order valence-corrected chi connectivity index (χ0v) is 27.4. The Hall–Kier alpha value is -3.93. The van der Waals surface area contributed by atoms with E-state index in [1.54, 1.807) is 26.2 Å². The number of carbonyl (C=O) groups is 2. The van der Waals surface area contributed by atoms with Crippen LogP contribution in [-0.2, 0) is 14.8 Å². The third kappa shape index (κ3) is 10.0. The molecular weight excluding hydrogens is 590 g/mol. The predicted molar refractivity (Wildman–Crippen MR) is 178 cm³/mol. The van der Waals surface area contributed by atoms with E-state index in [0.29, 0.717) is 31.5 Å². The Morgan fingerprint density at radius 1 is 0.867 bits per heavy atom. The average Bonchev–Trinajstić information content (AvgIpc) is 3.02. The molecule has 2 atom stereocenters. The molecule has 244 valence electrons. The maximum atomic E-state index is 13.7. The molecule has 0 heterocycles. The molecule has 0 aromatic heterocycles. The fourth-order valence-corrected chi connectivity index (χ4v) is 7.00. The van der Waals surface area contributed by atoms with Crippen LogP contribution in [0, 0.1) is 5.92 Å². The summed E-state index contributed by atoms with van der Waals surface area (Å²) in [6, 6.07) is 23.3. The lowest BCUT2D eigenvalue weighted by Gasteiger charge is -2.31. The number of benzene rings is 3. The van der Waals surface area contributed by atoms with Crippen molar-refractivity contribution in [1.29, 1.82) is 0 Å². The second-order valence-corrected chi connectivity index (χ2v) is 13.7. The number of nitrogens with zero attached hydrogens (tertiary/aromatic N) is 2. The van der Waals surface area contributed by atoms with E-state index < -0.39 is 28.0 Å². The number of nitrogens with two attached hydrogens (primary N) is 1. The van der Waals surface area contributed by atoms with Gasteiger partial charge in [-0.2, -0.15) is 4.31 Å². The van der Waals surface area contributed by atoms with E-state index in [9.17, 15) is 23.1 Å². The molecule has 3 aromatic rings. The van der Waals surface area contributed by atoms with E-state index in [-0.39, 0.29) is 35.9 Å². The van der Waals surface area contributed by atoms with Gasteiger partial charge in [0.2, 0.25) is 15.9 Å². The summed E-state index contributed by atoms with van der Waals surface area (Å²) in [4.78, 5) is 28.0. The van der Waals surface area contributed by atoms with Crippen molar-refractivity contribution in [2.75, 3.05) is 39.5 Å². The largest absolute Gasteiger partial charge is 0.399 e. The molecule has 0 radical (unpaired) electrons. The number of aliphatic hydroxyl groups excluding tert-OH is 1. The lowest BCUT2D eigenvalue weighted by molar-refractivity contribution is -0.123. The molecule has 3 rings (SSSR count). The first kappa shape index (κ1) is 35.5. The molecule has 0 aliphatic heterocycles. The van der Waals surface area contributed by atoms with Crippen LogP contribution in [0.1, 0.15) is 50.2 Å². The van der Waals surface area contributed by atoms with Gasteiger partial charge in [-0.25, -0.2) is 13.2 Å². The van der Waals surface area contributed by atoms with E-state index >= 15 is 0 Å². The van der Waals surface area contributed by atoms with Crippen LogP contribution in [0.25, 0.3) is 0 Å². The summed E-state index contributed by atoms with van der Waals surface area (Å²) in [6.45, 7) is 4.10. The van der Waals surface area contributed by atoms with Crippen molar-refractivity contribution < 1.29 is 23.1 Å². The van der Waals surface area contributed by atoms with Crippen molar-refractivity contribution >= 4 is 27.6 Å². The van der Waals surface area contributed by atoms with Crippen LogP contribution in [-0.4, -0.2) is 80.5 Å². The van der Waals surface area contributed by atoms with Crippen LogP contribution in [0.4, 0.5) is 10.5 Å². The highest BCUT2D eigenvalue weighted by molar-refractivity contribution is 7.89. The summed E-state index contributed by atoms with van der Waals surface area (Å²) in [5.41, 5.74) is 8.00. The van der Waals surface area contributed by atoms with Gasteiger partial charge in [-0.05, 0) is 54.2 Å². The molecule has 2 unspecified atom stereocenters. The topological polar surface area (TPSA) is 145 Å². The standard InChI is InChI=1S/C34H47N5O5S/c1-25(2)23-39(45(43,44)30-20-18-28(35)19-21-30)29(24-40)17-11-12-22-36-33(41)32(37-34(42)38(3)4)31(26-13-7-5-8-14-26)27-15-9-6-10-16-27/h5-10,13-16,18-21,25,29,31-32,40H,11-12,17,22-24,35H2,1-4H3,(H,36,41)(H,37,42). The highest BCUT2D eigenvalue weighted by Gasteiger charge is 2.33. The summed E-state index contributed by atoms with van der Waals surface area (Å²) in [7, 11) is -0.623. The van der Waals surface area contributed by atoms with Gasteiger partial charge in [-0.3, -0.25) is 4.79 Å². The van der Waals surface area contributed by atoms with Crippen molar-refractivity contribution in [2.45, 2.75) is 56.0 Å². The van der Waals surface area contributed by atoms with Gasteiger partial charge in [-0.15, -0.1) is 0 Å². The minimum absolute atomic E-state index is 0.0402. The quantitative estimate of drug-likeness (QED) is 0.138. The Morgan fingerprint density at radius 3 is 1.91 bits per heavy atom. The number of hydrogen-bond donors (Lipinski definition) is 4. The third-order valence-electron chi connectivity index (χ3n) is 7.53. The summed E-state index contributed by atoms with van der Waals surface area (Å²) < 4.78 is 28.5. The monoisotopic (exact) mass is 637 g/mol. The first-order chi connectivity index (χ1) is 21.4. The number of nitrogens with one attached hydrogen (secondary N) is 2. The number of nitrogen functional groups attached to an aromatic ring is 1. The van der Waals surface area contributed by atoms with Gasteiger partial charge in [0.05, 0.1) is 11.5 Å². The summed E-state index contributed by atoms with van der Waals surface area (Å²) in [6.07, 6.45) is 1.52. The van der Waals surface area contributed by atoms with Crippen LogP contribution >= 0.6 is 0 Å². The molecular formula is C34H47N5O5S. The fraction of sp³-hybridized carbons (Fsp3) is 0.412. The van der Waals surface area contributed by atoms with E-state index in [1.165, 1.54) is 21.3 Å². The Kier molecular flexibility index (Phi) is 13.4. The average molecular weight is 638 g/mol. The number of rotatable bonds is 16. The number of unbranched alkanes of at least 4 members (excludes halogenated alkanes) is 1. The van der Waals surface area contributed by atoms with E-state index in [4.69, 9.17) is 5.73 Å². The second-order valence-electron chi connectivity index (χ2n) is 11.8. The maximum Gasteiger partial charge on any atom is 0.317 e. The van der Waals surface area contributed by atoms with Gasteiger partial charge >= 0.3 is 6.03 Å². The number of aliphatic hydroxyl groups is 1. The summed E-state index contributed by atoms with van der Waals surface area (Å²) in [5.74, 6) is -0.717. The van der Waals surface area contributed by atoms with Crippen molar-refractivity contribution in [3.05, 3.63) is 96.1 Å². The minimum atomic E-state index is -3.87. The van der Waals surface area contributed by atoms with Gasteiger partial charge in [-0.1, -0.05) is 80.9 Å². The Morgan fingerprint density at radius 2 is 1.42 bits per heavy atom. The Labute approximate surface area is 267 Å². The second kappa shape index (κ2) is 17.0. The van der Waals surface area contributed by atoms with Crippen molar-refractivity contribution in [3.63, 3.8) is 0 Å². The first-order valence-electron chi connectivity index (χ1n) is 15.3. The Bertz CT molecular complexity index is 1410. The van der Waals surface area contributed by atoms with Gasteiger partial charge in [0.1, 0.15) is 6.04 Å². The molecule has 3 aromatic carbocycles. The zero-order valence-electron chi connectivity index (χ0n) is 26.6. The summed E-state index contributed by atoms with van der Waals surface area (Å²) >= 11 is 0. The van der Waals surface area contributed by atoms with Crippen LogP contribution in [0.15, 0.2) is 89.8 Å². The molecule has 0 spiro atoms. The summed E-state index contributed by atoms with van der Waals surface area (Å²) in [5, 5.41) is 16.1. The number of urea groups is 1. The highest BCUT2D eigenvalue weighted by Crippen LogP contribution is 2.29. The fourth-order valence-electron chi connectivity index (χ4n) is 5.19. The molecule has 0 bridgehead atoms. The molecule has 11 heteroatoms. The molecule has 0 saturated carbocycles. The SMILES string of the molecule is CC(C)CN(C(CO)CCCCNC(=O)C(NC(=O)N(C)C)C(c1ccccc1)c1ccccc1)S(=O)(=O)c1ccc(N)cc1. The molecule has 3 amide bonds. The lowest BCUT2D eigenvalue weighted by atomic mass is 9.84. The normalized spacial score (nSPS) is 13.1. The molecule has 5 N–H and O–H groups in total. The van der Waals surface area contributed by atoms with Crippen molar-refractivity contribution in [1.82, 2.24) is 19.8 Å². The molecule has 0 fully saturated rings.